The smallest absolute Gasteiger partial charge is 0.336 e. The quantitative estimate of drug-likeness (QED) is 0.537. The number of hydrogen-bond donors (Lipinski definition) is 1. The van der Waals surface area contributed by atoms with Crippen molar-refractivity contribution in [1.29, 1.82) is 0 Å². The molecule has 0 aliphatic heterocycles. The summed E-state index contributed by atoms with van der Waals surface area (Å²) in [6.45, 7) is 11.0. The lowest BCUT2D eigenvalue weighted by Crippen LogP contribution is -2.31. The standard InChI is InChI=1S/C10H18O3/c1-6-13-9(12)7(2)8(11)10(3,4)5/h8,11H,2,6H2,1,3-5H3. The van der Waals surface area contributed by atoms with Crippen molar-refractivity contribution < 1.29 is 14.6 Å². The van der Waals surface area contributed by atoms with Gasteiger partial charge in [-0.15, -0.1) is 0 Å². The summed E-state index contributed by atoms with van der Waals surface area (Å²) in [6.07, 6.45) is -0.855. The lowest BCUT2D eigenvalue weighted by molar-refractivity contribution is -0.140. The molecule has 1 N–H and O–H groups in total. The molecule has 1 atom stereocenters. The van der Waals surface area contributed by atoms with E-state index in [0.29, 0.717) is 6.61 Å². The maximum Gasteiger partial charge on any atom is 0.336 e. The summed E-state index contributed by atoms with van der Waals surface area (Å²) < 4.78 is 4.72. The van der Waals surface area contributed by atoms with E-state index in [4.69, 9.17) is 4.74 Å². The van der Waals surface area contributed by atoms with Gasteiger partial charge in [0.1, 0.15) is 0 Å². The monoisotopic (exact) mass is 186 g/mol. The molecule has 0 aliphatic rings. The molecule has 76 valence electrons. The van der Waals surface area contributed by atoms with Crippen molar-refractivity contribution in [3.63, 3.8) is 0 Å². The lowest BCUT2D eigenvalue weighted by atomic mass is 9.85. The van der Waals surface area contributed by atoms with Gasteiger partial charge in [-0.05, 0) is 12.3 Å². The molecule has 0 fully saturated rings. The fraction of sp³-hybridized carbons (Fsp3) is 0.700. The number of carbonyl (C=O) groups is 1. The Labute approximate surface area is 79.4 Å². The van der Waals surface area contributed by atoms with Crippen LogP contribution in [0.5, 0.6) is 0 Å². The van der Waals surface area contributed by atoms with Gasteiger partial charge in [-0.2, -0.15) is 0 Å². The number of ether oxygens (including phenoxy) is 1. The van der Waals surface area contributed by atoms with Gasteiger partial charge in [0.05, 0.1) is 18.3 Å². The van der Waals surface area contributed by atoms with E-state index in [1.807, 2.05) is 20.8 Å². The van der Waals surface area contributed by atoms with E-state index in [0.717, 1.165) is 0 Å². The van der Waals surface area contributed by atoms with E-state index in [1.54, 1.807) is 6.92 Å². The van der Waals surface area contributed by atoms with Gasteiger partial charge < -0.3 is 9.84 Å². The highest BCUT2D eigenvalue weighted by Gasteiger charge is 2.28. The van der Waals surface area contributed by atoms with Crippen LogP contribution in [0.25, 0.3) is 0 Å². The Morgan fingerprint density at radius 1 is 1.54 bits per heavy atom. The maximum absolute atomic E-state index is 11.1. The molecule has 1 unspecified atom stereocenters. The Hall–Kier alpha value is -0.830. The van der Waals surface area contributed by atoms with Gasteiger partial charge in [-0.25, -0.2) is 4.79 Å². The van der Waals surface area contributed by atoms with Crippen LogP contribution in [0.2, 0.25) is 0 Å². The molecule has 0 aliphatic carbocycles. The van der Waals surface area contributed by atoms with Crippen LogP contribution in [0.4, 0.5) is 0 Å². The molecule has 0 rings (SSSR count). The van der Waals surface area contributed by atoms with Crippen LogP contribution in [0.1, 0.15) is 27.7 Å². The van der Waals surface area contributed by atoms with E-state index >= 15 is 0 Å². The summed E-state index contributed by atoms with van der Waals surface area (Å²) >= 11 is 0. The molecule has 3 nitrogen and oxygen atoms in total. The molecule has 0 spiro atoms. The number of carbonyl (C=O) groups excluding carboxylic acids is 1. The molecule has 0 radical (unpaired) electrons. The Morgan fingerprint density at radius 3 is 2.31 bits per heavy atom. The van der Waals surface area contributed by atoms with Crippen LogP contribution in [-0.4, -0.2) is 23.8 Å². The van der Waals surface area contributed by atoms with E-state index in [2.05, 4.69) is 6.58 Å². The van der Waals surface area contributed by atoms with Gasteiger partial charge in [0.15, 0.2) is 0 Å². The first-order chi connectivity index (χ1) is 5.80. The predicted octanol–water partition coefficient (Wildman–Crippen LogP) is 1.51. The van der Waals surface area contributed by atoms with Gasteiger partial charge >= 0.3 is 5.97 Å². The molecule has 0 aromatic rings. The van der Waals surface area contributed by atoms with Crippen molar-refractivity contribution >= 4 is 5.97 Å². The minimum atomic E-state index is -0.855. The minimum absolute atomic E-state index is 0.120. The third-order valence-electron chi connectivity index (χ3n) is 1.69. The summed E-state index contributed by atoms with van der Waals surface area (Å²) in [6, 6.07) is 0. The number of rotatable bonds is 3. The summed E-state index contributed by atoms with van der Waals surface area (Å²) in [5, 5.41) is 9.65. The van der Waals surface area contributed by atoms with Crippen LogP contribution in [0.15, 0.2) is 12.2 Å². The first-order valence-electron chi connectivity index (χ1n) is 4.34. The Bertz CT molecular complexity index is 201. The highest BCUT2D eigenvalue weighted by molar-refractivity contribution is 5.88. The normalized spacial score (nSPS) is 13.6. The molecule has 13 heavy (non-hydrogen) atoms. The summed E-state index contributed by atoms with van der Waals surface area (Å²) in [4.78, 5) is 11.1. The third kappa shape index (κ3) is 3.59. The Balaban J connectivity index is 4.35. The third-order valence-corrected chi connectivity index (χ3v) is 1.69. The highest BCUT2D eigenvalue weighted by atomic mass is 16.5. The minimum Gasteiger partial charge on any atom is -0.463 e. The second-order valence-corrected chi connectivity index (χ2v) is 4.01. The molecule has 0 amide bonds. The molecular weight excluding hydrogens is 168 g/mol. The summed E-state index contributed by atoms with van der Waals surface area (Å²) in [5.74, 6) is -0.523. The van der Waals surface area contributed by atoms with E-state index in [9.17, 15) is 9.90 Å². The fourth-order valence-electron chi connectivity index (χ4n) is 0.858. The van der Waals surface area contributed by atoms with Gasteiger partial charge in [-0.3, -0.25) is 0 Å². The SMILES string of the molecule is C=C(C(=O)OCC)C(O)C(C)(C)C. The molecule has 0 heterocycles. The van der Waals surface area contributed by atoms with Crippen molar-refractivity contribution in [2.45, 2.75) is 33.8 Å². The average Bonchev–Trinajstić information content (AvgIpc) is 2.00. The molecule has 3 heteroatoms. The first kappa shape index (κ1) is 12.2. The molecule has 0 bridgehead atoms. The zero-order valence-corrected chi connectivity index (χ0v) is 8.76. The van der Waals surface area contributed by atoms with E-state index in [-0.39, 0.29) is 11.0 Å². The second-order valence-electron chi connectivity index (χ2n) is 4.01. The van der Waals surface area contributed by atoms with Crippen molar-refractivity contribution in [2.75, 3.05) is 6.61 Å². The number of hydrogen-bond acceptors (Lipinski definition) is 3. The largest absolute Gasteiger partial charge is 0.463 e. The van der Waals surface area contributed by atoms with Crippen molar-refractivity contribution in [1.82, 2.24) is 0 Å². The zero-order chi connectivity index (χ0) is 10.6. The second kappa shape index (κ2) is 4.42. The molecule has 0 saturated heterocycles. The van der Waals surface area contributed by atoms with E-state index < -0.39 is 12.1 Å². The maximum atomic E-state index is 11.1. The summed E-state index contributed by atoms with van der Waals surface area (Å²) in [5.41, 5.74) is -0.265. The van der Waals surface area contributed by atoms with Crippen LogP contribution < -0.4 is 0 Å². The van der Waals surface area contributed by atoms with Crippen molar-refractivity contribution in [3.05, 3.63) is 12.2 Å². The van der Waals surface area contributed by atoms with Gasteiger partial charge in [0.2, 0.25) is 0 Å². The fourth-order valence-corrected chi connectivity index (χ4v) is 0.858. The Morgan fingerprint density at radius 2 is 2.00 bits per heavy atom. The molecule has 0 aromatic carbocycles. The lowest BCUT2D eigenvalue weighted by Gasteiger charge is -2.26. The van der Waals surface area contributed by atoms with Crippen LogP contribution in [-0.2, 0) is 9.53 Å². The summed E-state index contributed by atoms with van der Waals surface area (Å²) in [7, 11) is 0. The first-order valence-corrected chi connectivity index (χ1v) is 4.34. The predicted molar refractivity (Wildman–Crippen MR) is 51.2 cm³/mol. The highest BCUT2D eigenvalue weighted by Crippen LogP contribution is 2.24. The van der Waals surface area contributed by atoms with Gasteiger partial charge in [-0.1, -0.05) is 27.4 Å². The number of aliphatic hydroxyl groups excluding tert-OH is 1. The van der Waals surface area contributed by atoms with Crippen molar-refractivity contribution in [2.24, 2.45) is 5.41 Å². The van der Waals surface area contributed by atoms with Crippen LogP contribution in [0.3, 0.4) is 0 Å². The molecular formula is C10H18O3. The van der Waals surface area contributed by atoms with Crippen LogP contribution in [0, 0.1) is 5.41 Å². The molecule has 0 aromatic heterocycles. The van der Waals surface area contributed by atoms with E-state index in [1.165, 1.54) is 0 Å². The molecule has 0 saturated carbocycles. The number of esters is 1. The Kier molecular flexibility index (Phi) is 4.14. The van der Waals surface area contributed by atoms with Gasteiger partial charge in [0.25, 0.3) is 0 Å². The van der Waals surface area contributed by atoms with Crippen LogP contribution >= 0.6 is 0 Å². The van der Waals surface area contributed by atoms with Gasteiger partial charge in [0, 0.05) is 0 Å². The number of aliphatic hydroxyl groups is 1. The topological polar surface area (TPSA) is 46.5 Å². The average molecular weight is 186 g/mol. The van der Waals surface area contributed by atoms with Crippen molar-refractivity contribution in [3.8, 4) is 0 Å². The zero-order valence-electron chi connectivity index (χ0n) is 8.76.